The second kappa shape index (κ2) is 8.86. The van der Waals surface area contributed by atoms with E-state index in [4.69, 9.17) is 4.42 Å². The molecule has 0 spiro atoms. The molecule has 1 aliphatic heterocycles. The first kappa shape index (κ1) is 20.4. The zero-order valence-electron chi connectivity index (χ0n) is 16.7. The average molecular weight is 424 g/mol. The number of nitrogens with one attached hydrogen (secondary N) is 1. The van der Waals surface area contributed by atoms with Gasteiger partial charge in [0.2, 0.25) is 0 Å². The van der Waals surface area contributed by atoms with Gasteiger partial charge in [-0.15, -0.1) is 0 Å². The van der Waals surface area contributed by atoms with Crippen molar-refractivity contribution in [2.45, 2.75) is 6.54 Å². The van der Waals surface area contributed by atoms with Crippen molar-refractivity contribution in [3.05, 3.63) is 88.1 Å². The molecule has 0 aliphatic carbocycles. The number of furan rings is 1. The fourth-order valence-electron chi connectivity index (χ4n) is 3.59. The molecule has 1 amide bonds. The first-order valence-corrected chi connectivity index (χ1v) is 9.86. The van der Waals surface area contributed by atoms with Gasteiger partial charge in [-0.05, 0) is 36.4 Å². The Hall–Kier alpha value is -3.88. The minimum atomic E-state index is -0.530. The largest absolute Gasteiger partial charge is 0.467 e. The molecule has 3 aromatic rings. The number of carbonyl (C=O) groups excluding carboxylic acids is 1. The topological polar surface area (TPSA) is 91.9 Å². The Bertz CT molecular complexity index is 1080. The van der Waals surface area contributed by atoms with Crippen LogP contribution in [0.25, 0.3) is 0 Å². The predicted molar refractivity (Wildman–Crippen MR) is 114 cm³/mol. The van der Waals surface area contributed by atoms with Crippen LogP contribution in [0.15, 0.2) is 65.3 Å². The summed E-state index contributed by atoms with van der Waals surface area (Å²) in [5.41, 5.74) is 1.24. The van der Waals surface area contributed by atoms with Crippen LogP contribution in [-0.4, -0.2) is 41.9 Å². The van der Waals surface area contributed by atoms with Crippen molar-refractivity contribution in [3.63, 3.8) is 0 Å². The molecule has 2 heterocycles. The fraction of sp³-hybridized carbons (Fsp3) is 0.227. The summed E-state index contributed by atoms with van der Waals surface area (Å²) in [7, 11) is 0. The van der Waals surface area contributed by atoms with E-state index in [1.807, 2.05) is 4.90 Å². The molecule has 0 atom stereocenters. The van der Waals surface area contributed by atoms with Gasteiger partial charge in [0.25, 0.3) is 11.6 Å². The number of rotatable bonds is 6. The summed E-state index contributed by atoms with van der Waals surface area (Å²) < 4.78 is 19.2. The highest BCUT2D eigenvalue weighted by atomic mass is 19.1. The van der Waals surface area contributed by atoms with Gasteiger partial charge in [-0.3, -0.25) is 14.9 Å². The van der Waals surface area contributed by atoms with Crippen LogP contribution in [0.1, 0.15) is 16.1 Å². The zero-order chi connectivity index (χ0) is 21.8. The number of amides is 1. The van der Waals surface area contributed by atoms with Crippen LogP contribution < -0.4 is 10.2 Å². The summed E-state index contributed by atoms with van der Waals surface area (Å²) in [6.07, 6.45) is 1.55. The van der Waals surface area contributed by atoms with E-state index in [9.17, 15) is 19.3 Å². The first-order chi connectivity index (χ1) is 15.0. The van der Waals surface area contributed by atoms with E-state index in [1.165, 1.54) is 18.2 Å². The maximum absolute atomic E-state index is 13.9. The van der Waals surface area contributed by atoms with Gasteiger partial charge in [0.05, 0.1) is 23.3 Å². The number of nitro benzene ring substituents is 1. The van der Waals surface area contributed by atoms with Crippen molar-refractivity contribution in [1.29, 1.82) is 0 Å². The summed E-state index contributed by atoms with van der Waals surface area (Å²) in [4.78, 5) is 27.3. The lowest BCUT2D eigenvalue weighted by atomic mass is 10.1. The van der Waals surface area contributed by atoms with E-state index in [2.05, 4.69) is 5.32 Å². The Morgan fingerprint density at radius 1 is 1.10 bits per heavy atom. The van der Waals surface area contributed by atoms with Crippen LogP contribution in [0.3, 0.4) is 0 Å². The molecule has 0 bridgehead atoms. The van der Waals surface area contributed by atoms with Gasteiger partial charge in [0, 0.05) is 37.9 Å². The Morgan fingerprint density at radius 3 is 2.55 bits per heavy atom. The van der Waals surface area contributed by atoms with E-state index < -0.39 is 10.7 Å². The van der Waals surface area contributed by atoms with Gasteiger partial charge in [-0.2, -0.15) is 0 Å². The summed E-state index contributed by atoms with van der Waals surface area (Å²) in [6.45, 7) is 2.26. The maximum Gasteiger partial charge on any atom is 0.292 e. The minimum absolute atomic E-state index is 0.0244. The number of hydrogen-bond donors (Lipinski definition) is 1. The third-order valence-corrected chi connectivity index (χ3v) is 5.25. The number of halogens is 1. The van der Waals surface area contributed by atoms with Crippen molar-refractivity contribution in [1.82, 2.24) is 4.90 Å². The summed E-state index contributed by atoms with van der Waals surface area (Å²) >= 11 is 0. The van der Waals surface area contributed by atoms with Crippen molar-refractivity contribution >= 4 is 23.0 Å². The molecule has 1 N–H and O–H groups in total. The summed E-state index contributed by atoms with van der Waals surface area (Å²) in [5.74, 6) is -0.195. The fourth-order valence-corrected chi connectivity index (χ4v) is 3.59. The van der Waals surface area contributed by atoms with Crippen molar-refractivity contribution in [2.75, 3.05) is 36.4 Å². The van der Waals surface area contributed by atoms with Gasteiger partial charge < -0.3 is 19.5 Å². The zero-order valence-corrected chi connectivity index (χ0v) is 16.7. The van der Waals surface area contributed by atoms with Crippen LogP contribution in [-0.2, 0) is 6.54 Å². The lowest BCUT2D eigenvalue weighted by molar-refractivity contribution is -0.384. The van der Waals surface area contributed by atoms with Gasteiger partial charge in [-0.1, -0.05) is 12.1 Å². The van der Waals surface area contributed by atoms with Crippen LogP contribution >= 0.6 is 0 Å². The smallest absolute Gasteiger partial charge is 0.292 e. The molecule has 160 valence electrons. The van der Waals surface area contributed by atoms with Crippen molar-refractivity contribution < 1.29 is 18.5 Å². The minimum Gasteiger partial charge on any atom is -0.467 e. The monoisotopic (exact) mass is 424 g/mol. The Morgan fingerprint density at radius 2 is 1.87 bits per heavy atom. The third-order valence-electron chi connectivity index (χ3n) is 5.25. The number of benzene rings is 2. The summed E-state index contributed by atoms with van der Waals surface area (Å²) in [6, 6.07) is 14.4. The Balaban J connectivity index is 1.45. The van der Waals surface area contributed by atoms with Gasteiger partial charge in [0.1, 0.15) is 17.3 Å². The standard InChI is InChI=1S/C22H21FN4O4/c23-19-6-2-1-5-18(19)22(28)26-11-9-25(10-12-26)16-7-8-21(27(29)30)20(14-16)24-15-17-4-3-13-31-17/h1-8,13-14,24H,9-12,15H2. The third kappa shape index (κ3) is 4.50. The van der Waals surface area contributed by atoms with E-state index in [0.29, 0.717) is 44.2 Å². The van der Waals surface area contributed by atoms with Crippen LogP contribution in [0.5, 0.6) is 0 Å². The van der Waals surface area contributed by atoms with Gasteiger partial charge in [0.15, 0.2) is 0 Å². The summed E-state index contributed by atoms with van der Waals surface area (Å²) in [5, 5.41) is 14.5. The van der Waals surface area contributed by atoms with E-state index in [0.717, 1.165) is 5.69 Å². The van der Waals surface area contributed by atoms with E-state index in [1.54, 1.807) is 47.6 Å². The van der Waals surface area contributed by atoms with Gasteiger partial charge in [-0.25, -0.2) is 4.39 Å². The normalized spacial score (nSPS) is 13.8. The molecule has 1 fully saturated rings. The van der Waals surface area contributed by atoms with Crippen LogP contribution in [0.4, 0.5) is 21.5 Å². The Kier molecular flexibility index (Phi) is 5.83. The van der Waals surface area contributed by atoms with Crippen molar-refractivity contribution in [2.24, 2.45) is 0 Å². The predicted octanol–water partition coefficient (Wildman–Crippen LogP) is 3.90. The highest BCUT2D eigenvalue weighted by Crippen LogP contribution is 2.30. The number of nitrogens with zero attached hydrogens (tertiary/aromatic N) is 3. The molecule has 9 heteroatoms. The number of nitro groups is 1. The quantitative estimate of drug-likeness (QED) is 0.477. The van der Waals surface area contributed by atoms with Gasteiger partial charge >= 0.3 is 0 Å². The SMILES string of the molecule is O=C(c1ccccc1F)N1CCN(c2ccc([N+](=O)[O-])c(NCc3ccco3)c2)CC1. The highest BCUT2D eigenvalue weighted by molar-refractivity contribution is 5.94. The lowest BCUT2D eigenvalue weighted by Gasteiger charge is -2.36. The molecule has 0 unspecified atom stereocenters. The second-order valence-corrected chi connectivity index (χ2v) is 7.15. The average Bonchev–Trinajstić information content (AvgIpc) is 3.31. The molecule has 1 aromatic heterocycles. The molecule has 2 aromatic carbocycles. The molecule has 0 radical (unpaired) electrons. The molecular formula is C22H21FN4O4. The number of hydrogen-bond acceptors (Lipinski definition) is 6. The molecule has 4 rings (SSSR count). The Labute approximate surface area is 178 Å². The van der Waals surface area contributed by atoms with Crippen molar-refractivity contribution in [3.8, 4) is 0 Å². The molecule has 0 saturated carbocycles. The van der Waals surface area contributed by atoms with Crippen LogP contribution in [0, 0.1) is 15.9 Å². The molecule has 1 saturated heterocycles. The second-order valence-electron chi connectivity index (χ2n) is 7.15. The number of anilines is 2. The number of piperazine rings is 1. The molecule has 8 nitrogen and oxygen atoms in total. The molecule has 1 aliphatic rings. The number of carbonyl (C=O) groups is 1. The maximum atomic E-state index is 13.9. The lowest BCUT2D eigenvalue weighted by Crippen LogP contribution is -2.49. The van der Waals surface area contributed by atoms with E-state index >= 15 is 0 Å². The van der Waals surface area contributed by atoms with Crippen LogP contribution in [0.2, 0.25) is 0 Å². The molecule has 31 heavy (non-hydrogen) atoms. The first-order valence-electron chi connectivity index (χ1n) is 9.86. The highest BCUT2D eigenvalue weighted by Gasteiger charge is 2.25. The van der Waals surface area contributed by atoms with E-state index in [-0.39, 0.29) is 17.2 Å². The molecular weight excluding hydrogens is 403 g/mol.